The van der Waals surface area contributed by atoms with Gasteiger partial charge in [-0.3, -0.25) is 14.3 Å². The first kappa shape index (κ1) is 13.1. The first-order valence-corrected chi connectivity index (χ1v) is 6.56. The van der Waals surface area contributed by atoms with Gasteiger partial charge in [0.1, 0.15) is 0 Å². The molecule has 2 rings (SSSR count). The highest BCUT2D eigenvalue weighted by Gasteiger charge is 2.15. The van der Waals surface area contributed by atoms with Crippen LogP contribution in [0.4, 0.5) is 0 Å². The van der Waals surface area contributed by atoms with E-state index < -0.39 is 11.2 Å². The third-order valence-corrected chi connectivity index (χ3v) is 3.50. The van der Waals surface area contributed by atoms with Gasteiger partial charge < -0.3 is 4.57 Å². The van der Waals surface area contributed by atoms with Gasteiger partial charge in [0.05, 0.1) is 0 Å². The lowest BCUT2D eigenvalue weighted by atomic mass is 10.1. The molecule has 0 spiro atoms. The summed E-state index contributed by atoms with van der Waals surface area (Å²) in [5, 5.41) is 0. The topological polar surface area (TPSA) is 72.7 Å². The molecule has 0 unspecified atom stereocenters. The molecule has 1 N–H and O–H groups in total. The second-order valence-electron chi connectivity index (χ2n) is 4.71. The molecule has 0 aliphatic heterocycles. The molecule has 2 heterocycles. The van der Waals surface area contributed by atoms with Gasteiger partial charge in [-0.05, 0) is 28.3 Å². The monoisotopic (exact) mass is 314 g/mol. The molecule has 98 valence electrons. The number of rotatable bonds is 3. The number of aromatic nitrogens is 4. The van der Waals surface area contributed by atoms with Gasteiger partial charge >= 0.3 is 5.69 Å². The van der Waals surface area contributed by atoms with Crippen LogP contribution in [-0.2, 0) is 13.6 Å². The molecule has 0 aliphatic rings. The fourth-order valence-electron chi connectivity index (χ4n) is 1.80. The Balaban J connectivity index is 2.68. The number of hydrogen-bond donors (Lipinski definition) is 1. The van der Waals surface area contributed by atoms with Gasteiger partial charge in [0.15, 0.2) is 15.9 Å². The molecule has 0 amide bonds. The van der Waals surface area contributed by atoms with Gasteiger partial charge in [-0.15, -0.1) is 0 Å². The fraction of sp³-hybridized carbons (Fsp3) is 0.545. The van der Waals surface area contributed by atoms with E-state index in [1.54, 1.807) is 11.6 Å². The van der Waals surface area contributed by atoms with Crippen molar-refractivity contribution >= 4 is 27.1 Å². The Morgan fingerprint density at radius 3 is 2.67 bits per heavy atom. The quantitative estimate of drug-likeness (QED) is 0.866. The van der Waals surface area contributed by atoms with E-state index in [1.807, 2.05) is 0 Å². The summed E-state index contributed by atoms with van der Waals surface area (Å²) >= 11 is 3.34. The Hall–Kier alpha value is -1.37. The first-order valence-electron chi connectivity index (χ1n) is 5.77. The van der Waals surface area contributed by atoms with Crippen LogP contribution in [0.5, 0.6) is 0 Å². The SMILES string of the molecule is CC(C)CCn1c(Br)nc2c1c(=O)[nH]c(=O)n2C. The van der Waals surface area contributed by atoms with Crippen molar-refractivity contribution < 1.29 is 0 Å². The van der Waals surface area contributed by atoms with E-state index in [9.17, 15) is 9.59 Å². The molecule has 2 aromatic heterocycles. The molecule has 2 aromatic rings. The molecule has 0 fully saturated rings. The number of fused-ring (bicyclic) bond motifs is 1. The number of aryl methyl sites for hydroxylation is 2. The third-order valence-electron chi connectivity index (χ3n) is 2.89. The van der Waals surface area contributed by atoms with Crippen molar-refractivity contribution in [1.82, 2.24) is 19.1 Å². The molecule has 7 heteroatoms. The van der Waals surface area contributed by atoms with Crippen LogP contribution < -0.4 is 11.2 Å². The van der Waals surface area contributed by atoms with E-state index in [1.165, 1.54) is 4.57 Å². The highest BCUT2D eigenvalue weighted by Crippen LogP contribution is 2.17. The van der Waals surface area contributed by atoms with Crippen LogP contribution >= 0.6 is 15.9 Å². The Bertz CT molecular complexity index is 695. The molecule has 6 nitrogen and oxygen atoms in total. The zero-order valence-corrected chi connectivity index (χ0v) is 12.1. The van der Waals surface area contributed by atoms with Crippen LogP contribution in [-0.4, -0.2) is 19.1 Å². The average molecular weight is 315 g/mol. The van der Waals surface area contributed by atoms with Crippen LogP contribution in [0.2, 0.25) is 0 Å². The van der Waals surface area contributed by atoms with E-state index in [-0.39, 0.29) is 0 Å². The summed E-state index contributed by atoms with van der Waals surface area (Å²) < 4.78 is 3.71. The highest BCUT2D eigenvalue weighted by atomic mass is 79.9. The summed E-state index contributed by atoms with van der Waals surface area (Å²) in [5.41, 5.74) is -0.00688. The van der Waals surface area contributed by atoms with E-state index in [0.29, 0.717) is 28.4 Å². The van der Waals surface area contributed by atoms with Crippen molar-refractivity contribution in [3.8, 4) is 0 Å². The van der Waals surface area contributed by atoms with Crippen molar-refractivity contribution in [1.29, 1.82) is 0 Å². The molecule has 0 aliphatic carbocycles. The normalized spacial score (nSPS) is 11.6. The maximum atomic E-state index is 11.9. The van der Waals surface area contributed by atoms with Gasteiger partial charge in [-0.2, -0.15) is 0 Å². The Morgan fingerprint density at radius 1 is 1.39 bits per heavy atom. The molecular weight excluding hydrogens is 300 g/mol. The van der Waals surface area contributed by atoms with Gasteiger partial charge in [0, 0.05) is 13.6 Å². The van der Waals surface area contributed by atoms with Crippen LogP contribution in [0.3, 0.4) is 0 Å². The van der Waals surface area contributed by atoms with Gasteiger partial charge in [-0.1, -0.05) is 13.8 Å². The first-order chi connectivity index (χ1) is 8.41. The molecule has 0 saturated heterocycles. The minimum Gasteiger partial charge on any atom is -0.313 e. The maximum Gasteiger partial charge on any atom is 0.329 e. The number of imidazole rings is 1. The van der Waals surface area contributed by atoms with Gasteiger partial charge in [0.2, 0.25) is 0 Å². The number of hydrogen-bond acceptors (Lipinski definition) is 3. The number of aromatic amines is 1. The summed E-state index contributed by atoms with van der Waals surface area (Å²) in [6.07, 6.45) is 0.937. The summed E-state index contributed by atoms with van der Waals surface area (Å²) in [6, 6.07) is 0. The number of halogens is 1. The van der Waals surface area contributed by atoms with E-state index in [2.05, 4.69) is 39.7 Å². The third kappa shape index (κ3) is 2.14. The minimum absolute atomic E-state index is 0.393. The highest BCUT2D eigenvalue weighted by molar-refractivity contribution is 9.10. The lowest BCUT2D eigenvalue weighted by molar-refractivity contribution is 0.517. The van der Waals surface area contributed by atoms with E-state index in [4.69, 9.17) is 0 Å². The zero-order chi connectivity index (χ0) is 13.4. The molecule has 0 atom stereocenters. The van der Waals surface area contributed by atoms with E-state index in [0.717, 1.165) is 6.42 Å². The number of nitrogens with one attached hydrogen (secondary N) is 1. The second kappa shape index (κ2) is 4.72. The number of nitrogens with zero attached hydrogens (tertiary/aromatic N) is 3. The predicted molar refractivity (Wildman–Crippen MR) is 72.7 cm³/mol. The summed E-state index contributed by atoms with van der Waals surface area (Å²) in [4.78, 5) is 29.9. The largest absolute Gasteiger partial charge is 0.329 e. The van der Waals surface area contributed by atoms with Gasteiger partial charge in [-0.25, -0.2) is 9.78 Å². The average Bonchev–Trinajstić information content (AvgIpc) is 2.61. The molecule has 0 aromatic carbocycles. The van der Waals surface area contributed by atoms with Crippen LogP contribution in [0.1, 0.15) is 20.3 Å². The van der Waals surface area contributed by atoms with Gasteiger partial charge in [0.25, 0.3) is 5.56 Å². The summed E-state index contributed by atoms with van der Waals surface area (Å²) in [7, 11) is 1.59. The minimum atomic E-state index is -0.450. The predicted octanol–water partition coefficient (Wildman–Crippen LogP) is 1.23. The van der Waals surface area contributed by atoms with Crippen molar-refractivity contribution in [2.24, 2.45) is 13.0 Å². The van der Waals surface area contributed by atoms with Crippen molar-refractivity contribution in [2.75, 3.05) is 0 Å². The Kier molecular flexibility index (Phi) is 3.43. The molecule has 18 heavy (non-hydrogen) atoms. The lowest BCUT2D eigenvalue weighted by Gasteiger charge is -2.07. The summed E-state index contributed by atoms with van der Waals surface area (Å²) in [6.45, 7) is 4.93. The Morgan fingerprint density at radius 2 is 2.06 bits per heavy atom. The van der Waals surface area contributed by atoms with E-state index >= 15 is 0 Å². The second-order valence-corrected chi connectivity index (χ2v) is 5.41. The lowest BCUT2D eigenvalue weighted by Crippen LogP contribution is -2.29. The van der Waals surface area contributed by atoms with Crippen LogP contribution in [0, 0.1) is 5.92 Å². The Labute approximate surface area is 112 Å². The van der Waals surface area contributed by atoms with Crippen molar-refractivity contribution in [2.45, 2.75) is 26.8 Å². The smallest absolute Gasteiger partial charge is 0.313 e. The molecule has 0 saturated carbocycles. The maximum absolute atomic E-state index is 11.9. The number of H-pyrrole nitrogens is 1. The van der Waals surface area contributed by atoms with Crippen LogP contribution in [0.15, 0.2) is 14.3 Å². The molecular formula is C11H15BrN4O2. The zero-order valence-electron chi connectivity index (χ0n) is 10.5. The van der Waals surface area contributed by atoms with Crippen molar-refractivity contribution in [3.05, 3.63) is 25.6 Å². The standard InChI is InChI=1S/C11H15BrN4O2/c1-6(2)4-5-16-7-8(13-10(16)12)15(3)11(18)14-9(7)17/h6H,4-5H2,1-3H3,(H,14,17,18). The molecule has 0 bridgehead atoms. The summed E-state index contributed by atoms with van der Waals surface area (Å²) in [5.74, 6) is 0.529. The fourth-order valence-corrected chi connectivity index (χ4v) is 2.32. The molecule has 0 radical (unpaired) electrons. The van der Waals surface area contributed by atoms with Crippen LogP contribution in [0.25, 0.3) is 11.2 Å². The van der Waals surface area contributed by atoms with Crippen molar-refractivity contribution in [3.63, 3.8) is 0 Å².